The van der Waals surface area contributed by atoms with E-state index in [-0.39, 0.29) is 23.9 Å². The molecule has 4 heteroatoms. The van der Waals surface area contributed by atoms with Crippen molar-refractivity contribution in [2.24, 2.45) is 11.7 Å². The van der Waals surface area contributed by atoms with Crippen LogP contribution in [0.3, 0.4) is 0 Å². The molecular weight excluding hydrogens is 204 g/mol. The predicted molar refractivity (Wildman–Crippen MR) is 64.0 cm³/mol. The Hall–Kier alpha value is -0.610. The monoisotopic (exact) mass is 228 g/mol. The second-order valence-electron chi connectivity index (χ2n) is 4.63. The number of primary amides is 1. The molecule has 1 aliphatic rings. The number of nitrogens with two attached hydrogens (primary N) is 1. The highest BCUT2D eigenvalue weighted by Gasteiger charge is 2.29. The summed E-state index contributed by atoms with van der Waals surface area (Å²) < 4.78 is 5.35. The smallest absolute Gasteiger partial charge is 0.222 e. The van der Waals surface area contributed by atoms with Crippen molar-refractivity contribution < 1.29 is 9.53 Å². The lowest BCUT2D eigenvalue weighted by atomic mass is 9.83. The van der Waals surface area contributed by atoms with Gasteiger partial charge in [-0.3, -0.25) is 4.79 Å². The largest absolute Gasteiger partial charge is 0.380 e. The molecule has 1 rings (SSSR count). The third-order valence-corrected chi connectivity index (χ3v) is 3.20. The van der Waals surface area contributed by atoms with E-state index in [0.717, 1.165) is 25.9 Å². The summed E-state index contributed by atoms with van der Waals surface area (Å²) in [5, 5.41) is 3.46. The molecular formula is C12H24N2O2. The average molecular weight is 228 g/mol. The summed E-state index contributed by atoms with van der Waals surface area (Å²) in [7, 11) is 0. The molecule has 0 bridgehead atoms. The van der Waals surface area contributed by atoms with E-state index < -0.39 is 0 Å². The summed E-state index contributed by atoms with van der Waals surface area (Å²) in [6.07, 6.45) is 4.27. The first kappa shape index (κ1) is 13.5. The third-order valence-electron chi connectivity index (χ3n) is 3.20. The molecule has 0 radical (unpaired) electrons. The van der Waals surface area contributed by atoms with E-state index in [0.29, 0.717) is 6.61 Å². The Morgan fingerprint density at radius 2 is 2.19 bits per heavy atom. The quantitative estimate of drug-likeness (QED) is 0.714. The Morgan fingerprint density at radius 3 is 2.81 bits per heavy atom. The first-order valence-electron chi connectivity index (χ1n) is 6.28. The topological polar surface area (TPSA) is 64.3 Å². The Kier molecular flexibility index (Phi) is 5.77. The van der Waals surface area contributed by atoms with Crippen LogP contribution in [0.15, 0.2) is 0 Å². The number of carbonyl (C=O) groups excluding carboxylic acids is 1. The van der Waals surface area contributed by atoms with Crippen LogP contribution in [0.2, 0.25) is 0 Å². The van der Waals surface area contributed by atoms with Gasteiger partial charge in [0.05, 0.1) is 12.5 Å². The van der Waals surface area contributed by atoms with Crippen molar-refractivity contribution in [3.05, 3.63) is 0 Å². The van der Waals surface area contributed by atoms with E-state index in [1.54, 1.807) is 0 Å². The molecule has 0 heterocycles. The summed E-state index contributed by atoms with van der Waals surface area (Å²) in [6.45, 7) is 5.50. The first-order valence-corrected chi connectivity index (χ1v) is 6.28. The summed E-state index contributed by atoms with van der Waals surface area (Å²) >= 11 is 0. The summed E-state index contributed by atoms with van der Waals surface area (Å²) in [5.41, 5.74) is 5.42. The van der Waals surface area contributed by atoms with Gasteiger partial charge < -0.3 is 15.8 Å². The predicted octanol–water partition coefficient (Wildman–Crippen LogP) is 1.05. The van der Waals surface area contributed by atoms with E-state index in [2.05, 4.69) is 12.2 Å². The second kappa shape index (κ2) is 6.86. The van der Waals surface area contributed by atoms with Gasteiger partial charge in [0.1, 0.15) is 0 Å². The van der Waals surface area contributed by atoms with E-state index in [4.69, 9.17) is 10.5 Å². The van der Waals surface area contributed by atoms with Crippen molar-refractivity contribution >= 4 is 5.91 Å². The number of hydrogen-bond acceptors (Lipinski definition) is 3. The molecule has 1 saturated carbocycles. The lowest BCUT2D eigenvalue weighted by Gasteiger charge is -2.32. The molecule has 0 spiro atoms. The SMILES string of the molecule is CCOCC(C)NC1CCCCC1C(N)=O. The van der Waals surface area contributed by atoms with Crippen LogP contribution in [0.25, 0.3) is 0 Å². The molecule has 0 aromatic rings. The normalized spacial score (nSPS) is 27.6. The van der Waals surface area contributed by atoms with Gasteiger partial charge in [0.15, 0.2) is 0 Å². The van der Waals surface area contributed by atoms with Gasteiger partial charge in [-0.2, -0.15) is 0 Å². The average Bonchev–Trinajstić information content (AvgIpc) is 2.27. The van der Waals surface area contributed by atoms with Gasteiger partial charge in [0, 0.05) is 18.7 Å². The van der Waals surface area contributed by atoms with Crippen molar-refractivity contribution in [2.45, 2.75) is 51.6 Å². The van der Waals surface area contributed by atoms with Crippen molar-refractivity contribution in [3.63, 3.8) is 0 Å². The number of nitrogens with one attached hydrogen (secondary N) is 1. The minimum Gasteiger partial charge on any atom is -0.380 e. The molecule has 16 heavy (non-hydrogen) atoms. The van der Waals surface area contributed by atoms with E-state index in [9.17, 15) is 4.79 Å². The number of hydrogen-bond donors (Lipinski definition) is 2. The number of amides is 1. The van der Waals surface area contributed by atoms with Crippen molar-refractivity contribution in [1.29, 1.82) is 0 Å². The van der Waals surface area contributed by atoms with Crippen LogP contribution in [0.5, 0.6) is 0 Å². The molecule has 1 amide bonds. The Morgan fingerprint density at radius 1 is 1.50 bits per heavy atom. The highest BCUT2D eigenvalue weighted by molar-refractivity contribution is 5.77. The van der Waals surface area contributed by atoms with Crippen LogP contribution >= 0.6 is 0 Å². The van der Waals surface area contributed by atoms with Gasteiger partial charge >= 0.3 is 0 Å². The van der Waals surface area contributed by atoms with E-state index >= 15 is 0 Å². The molecule has 1 fully saturated rings. The molecule has 94 valence electrons. The Bertz CT molecular complexity index is 221. The molecule has 0 saturated heterocycles. The minimum absolute atomic E-state index is 0.00201. The second-order valence-corrected chi connectivity index (χ2v) is 4.63. The zero-order valence-electron chi connectivity index (χ0n) is 10.4. The van der Waals surface area contributed by atoms with Gasteiger partial charge in [-0.15, -0.1) is 0 Å². The molecule has 3 unspecified atom stereocenters. The lowest BCUT2D eigenvalue weighted by molar-refractivity contribution is -0.123. The van der Waals surface area contributed by atoms with Crippen LogP contribution in [-0.4, -0.2) is 31.2 Å². The first-order chi connectivity index (χ1) is 7.65. The molecule has 0 aliphatic heterocycles. The lowest BCUT2D eigenvalue weighted by Crippen LogP contribution is -2.49. The molecule has 0 aromatic carbocycles. The summed E-state index contributed by atoms with van der Waals surface area (Å²) in [4.78, 5) is 11.3. The Balaban J connectivity index is 2.39. The molecule has 3 N–H and O–H groups in total. The highest BCUT2D eigenvalue weighted by atomic mass is 16.5. The van der Waals surface area contributed by atoms with E-state index in [1.807, 2.05) is 6.92 Å². The maximum Gasteiger partial charge on any atom is 0.222 e. The molecule has 3 atom stereocenters. The number of ether oxygens (including phenoxy) is 1. The fourth-order valence-electron chi connectivity index (χ4n) is 2.38. The highest BCUT2D eigenvalue weighted by Crippen LogP contribution is 2.24. The van der Waals surface area contributed by atoms with Crippen molar-refractivity contribution in [1.82, 2.24) is 5.32 Å². The molecule has 0 aromatic heterocycles. The molecule has 1 aliphatic carbocycles. The zero-order valence-corrected chi connectivity index (χ0v) is 10.4. The van der Waals surface area contributed by atoms with Crippen LogP contribution in [0.1, 0.15) is 39.5 Å². The maximum absolute atomic E-state index is 11.3. The van der Waals surface area contributed by atoms with Gasteiger partial charge in [0.25, 0.3) is 0 Å². The molecule has 4 nitrogen and oxygen atoms in total. The fraction of sp³-hybridized carbons (Fsp3) is 0.917. The van der Waals surface area contributed by atoms with Crippen LogP contribution < -0.4 is 11.1 Å². The van der Waals surface area contributed by atoms with Gasteiger partial charge in [-0.05, 0) is 26.7 Å². The fourth-order valence-corrected chi connectivity index (χ4v) is 2.38. The van der Waals surface area contributed by atoms with Gasteiger partial charge in [0.2, 0.25) is 5.91 Å². The number of rotatable bonds is 6. The summed E-state index contributed by atoms with van der Waals surface area (Å²) in [5.74, 6) is -0.168. The van der Waals surface area contributed by atoms with Crippen molar-refractivity contribution in [3.8, 4) is 0 Å². The van der Waals surface area contributed by atoms with E-state index in [1.165, 1.54) is 6.42 Å². The van der Waals surface area contributed by atoms with Gasteiger partial charge in [-0.1, -0.05) is 12.8 Å². The minimum atomic E-state index is -0.166. The van der Waals surface area contributed by atoms with Gasteiger partial charge in [-0.25, -0.2) is 0 Å². The number of carbonyl (C=O) groups is 1. The van der Waals surface area contributed by atoms with Crippen LogP contribution in [0, 0.1) is 5.92 Å². The van der Waals surface area contributed by atoms with Crippen LogP contribution in [0.4, 0.5) is 0 Å². The van der Waals surface area contributed by atoms with Crippen molar-refractivity contribution in [2.75, 3.05) is 13.2 Å². The summed E-state index contributed by atoms with van der Waals surface area (Å²) in [6, 6.07) is 0.520. The van der Waals surface area contributed by atoms with Crippen LogP contribution in [-0.2, 0) is 9.53 Å². The standard InChI is InChI=1S/C12H24N2O2/c1-3-16-8-9(2)14-11-7-5-4-6-10(11)12(13)15/h9-11,14H,3-8H2,1-2H3,(H2,13,15). The Labute approximate surface area is 97.9 Å². The third kappa shape index (κ3) is 4.10. The maximum atomic E-state index is 11.3. The zero-order chi connectivity index (χ0) is 12.0.